The number of allylic oxidation sites excluding steroid dienone is 18. The molecule has 0 bridgehead atoms. The number of esters is 3. The molecule has 0 saturated heterocycles. The Morgan fingerprint density at radius 3 is 0.782 bits per heavy atom. The molecule has 0 aromatic carbocycles. The molecule has 0 aliphatic carbocycles. The molecule has 0 amide bonds. The van der Waals surface area contributed by atoms with E-state index < -0.39 is 6.10 Å². The first-order valence-corrected chi connectivity index (χ1v) is 32.9. The summed E-state index contributed by atoms with van der Waals surface area (Å²) in [6.45, 7) is 6.37. The lowest BCUT2D eigenvalue weighted by Gasteiger charge is -2.18. The van der Waals surface area contributed by atoms with Crippen molar-refractivity contribution in [1.29, 1.82) is 0 Å². The third-order valence-electron chi connectivity index (χ3n) is 14.0. The minimum atomic E-state index is -0.778. The van der Waals surface area contributed by atoms with E-state index in [1.165, 1.54) is 154 Å². The first kappa shape index (κ1) is 74.1. The fourth-order valence-corrected chi connectivity index (χ4v) is 9.17. The zero-order valence-corrected chi connectivity index (χ0v) is 51.2. The fraction of sp³-hybridized carbons (Fsp3) is 0.708. The van der Waals surface area contributed by atoms with Gasteiger partial charge in [-0.25, -0.2) is 0 Å². The van der Waals surface area contributed by atoms with Crippen LogP contribution in [-0.4, -0.2) is 37.2 Å². The van der Waals surface area contributed by atoms with Gasteiger partial charge in [-0.3, -0.25) is 14.4 Å². The minimum Gasteiger partial charge on any atom is -0.462 e. The van der Waals surface area contributed by atoms with Gasteiger partial charge in [0.15, 0.2) is 6.10 Å². The molecule has 78 heavy (non-hydrogen) atoms. The van der Waals surface area contributed by atoms with Gasteiger partial charge in [-0.1, -0.05) is 297 Å². The lowest BCUT2D eigenvalue weighted by molar-refractivity contribution is -0.167. The van der Waals surface area contributed by atoms with Crippen molar-refractivity contribution in [3.8, 4) is 0 Å². The Morgan fingerprint density at radius 2 is 0.500 bits per heavy atom. The molecule has 0 aromatic heterocycles. The number of carbonyl (C=O) groups excluding carboxylic acids is 3. The molecule has 0 spiro atoms. The summed E-state index contributed by atoms with van der Waals surface area (Å²) in [6.07, 6.45) is 90.0. The van der Waals surface area contributed by atoms with Gasteiger partial charge >= 0.3 is 17.9 Å². The summed E-state index contributed by atoms with van der Waals surface area (Å²) < 4.78 is 16.8. The molecule has 0 radical (unpaired) electrons. The highest BCUT2D eigenvalue weighted by atomic mass is 16.6. The van der Waals surface area contributed by atoms with Crippen molar-refractivity contribution < 1.29 is 28.6 Å². The topological polar surface area (TPSA) is 78.9 Å². The van der Waals surface area contributed by atoms with Gasteiger partial charge in [0.1, 0.15) is 13.2 Å². The molecule has 0 fully saturated rings. The Labute approximate surface area is 482 Å². The van der Waals surface area contributed by atoms with E-state index in [0.29, 0.717) is 19.3 Å². The first-order valence-electron chi connectivity index (χ1n) is 32.9. The monoisotopic (exact) mass is 1080 g/mol. The third kappa shape index (κ3) is 62.9. The van der Waals surface area contributed by atoms with Gasteiger partial charge in [-0.05, 0) is 103 Å². The maximum atomic E-state index is 12.9. The molecular formula is C72H122O6. The van der Waals surface area contributed by atoms with Crippen molar-refractivity contribution in [3.05, 3.63) is 109 Å². The zero-order chi connectivity index (χ0) is 56.4. The minimum absolute atomic E-state index is 0.0776. The van der Waals surface area contributed by atoms with E-state index in [1.807, 2.05) is 0 Å². The SMILES string of the molecule is CC/C=C\C/C=C\C/C=C\C/C=C\C/C=C\CCCCCCCCCCCCCCCCCC(=O)OCC(COC(=O)CCCCCCCC)OC(=O)CCCCCCCCCCCC/C=C\C/C=C\C/C=C\C/C=C\CC. The average Bonchev–Trinajstić information content (AvgIpc) is 3.44. The highest BCUT2D eigenvalue weighted by molar-refractivity contribution is 5.71. The summed E-state index contributed by atoms with van der Waals surface area (Å²) in [6, 6.07) is 0. The number of unbranched alkanes of at least 4 members (excludes halogenated alkanes) is 30. The Kier molecular flexibility index (Phi) is 62.3. The highest BCUT2D eigenvalue weighted by Gasteiger charge is 2.19. The molecule has 0 aromatic rings. The first-order chi connectivity index (χ1) is 38.5. The van der Waals surface area contributed by atoms with Gasteiger partial charge in [0.05, 0.1) is 0 Å². The van der Waals surface area contributed by atoms with E-state index >= 15 is 0 Å². The molecule has 0 rings (SSSR count). The van der Waals surface area contributed by atoms with Crippen LogP contribution in [0.25, 0.3) is 0 Å². The van der Waals surface area contributed by atoms with Crippen molar-refractivity contribution in [2.75, 3.05) is 13.2 Å². The number of ether oxygens (including phenoxy) is 3. The van der Waals surface area contributed by atoms with Gasteiger partial charge < -0.3 is 14.2 Å². The predicted molar refractivity (Wildman–Crippen MR) is 339 cm³/mol. The average molecular weight is 1080 g/mol. The smallest absolute Gasteiger partial charge is 0.306 e. The molecule has 1 unspecified atom stereocenters. The molecule has 6 heteroatoms. The maximum absolute atomic E-state index is 12.9. The lowest BCUT2D eigenvalue weighted by Crippen LogP contribution is -2.30. The van der Waals surface area contributed by atoms with Crippen LogP contribution >= 0.6 is 0 Å². The zero-order valence-electron chi connectivity index (χ0n) is 51.2. The van der Waals surface area contributed by atoms with Crippen LogP contribution in [0.15, 0.2) is 109 Å². The fourth-order valence-electron chi connectivity index (χ4n) is 9.17. The molecule has 0 heterocycles. The van der Waals surface area contributed by atoms with Crippen LogP contribution in [0.2, 0.25) is 0 Å². The normalized spacial score (nSPS) is 12.8. The standard InChI is InChI=1S/C72H122O6/c1-4-7-10-13-16-18-20-22-24-26-28-30-32-33-34-35-36-37-38-39-41-42-44-46-48-50-52-54-56-59-62-65-71(74)77-68-69(67-76-70(73)64-61-58-15-12-9-6-3)78-72(75)66-63-60-57-55-53-51-49-47-45-43-40-31-29-27-25-23-21-19-17-14-11-8-5-2/h7-8,10-11,16-19,22-25,28-31,33-34,69H,4-6,9,12-15,20-21,26-27,32,35-68H2,1-3H3/b10-7-,11-8-,18-16-,19-17-,24-22-,25-23-,30-28-,31-29-,34-33-. The summed E-state index contributed by atoms with van der Waals surface area (Å²) in [5, 5.41) is 0. The second-order valence-corrected chi connectivity index (χ2v) is 21.6. The molecule has 446 valence electrons. The van der Waals surface area contributed by atoms with Gasteiger partial charge in [0, 0.05) is 19.3 Å². The van der Waals surface area contributed by atoms with Crippen LogP contribution in [-0.2, 0) is 28.6 Å². The van der Waals surface area contributed by atoms with E-state index in [-0.39, 0.29) is 31.1 Å². The summed E-state index contributed by atoms with van der Waals surface area (Å²) in [7, 11) is 0. The maximum Gasteiger partial charge on any atom is 0.306 e. The quantitative estimate of drug-likeness (QED) is 0.0261. The predicted octanol–water partition coefficient (Wildman–Crippen LogP) is 22.6. The summed E-state index contributed by atoms with van der Waals surface area (Å²) in [5.41, 5.74) is 0. The largest absolute Gasteiger partial charge is 0.462 e. The van der Waals surface area contributed by atoms with Crippen molar-refractivity contribution >= 4 is 17.9 Å². The van der Waals surface area contributed by atoms with Crippen LogP contribution < -0.4 is 0 Å². The molecule has 0 aliphatic heterocycles. The molecule has 0 N–H and O–H groups in total. The Hall–Kier alpha value is -3.93. The van der Waals surface area contributed by atoms with Gasteiger partial charge in [0.25, 0.3) is 0 Å². The Bertz CT molecular complexity index is 1570. The van der Waals surface area contributed by atoms with Crippen LogP contribution in [0, 0.1) is 0 Å². The van der Waals surface area contributed by atoms with E-state index in [9.17, 15) is 14.4 Å². The van der Waals surface area contributed by atoms with Crippen molar-refractivity contribution in [1.82, 2.24) is 0 Å². The lowest BCUT2D eigenvalue weighted by atomic mass is 10.0. The number of hydrogen-bond acceptors (Lipinski definition) is 6. The number of rotatable bonds is 59. The van der Waals surface area contributed by atoms with Crippen LogP contribution in [0.1, 0.15) is 310 Å². The Morgan fingerprint density at radius 1 is 0.269 bits per heavy atom. The van der Waals surface area contributed by atoms with E-state index in [1.54, 1.807) is 0 Å². The summed E-state index contributed by atoms with van der Waals surface area (Å²) in [4.78, 5) is 38.1. The molecule has 0 saturated carbocycles. The second-order valence-electron chi connectivity index (χ2n) is 21.6. The second kappa shape index (κ2) is 65.6. The summed E-state index contributed by atoms with van der Waals surface area (Å²) >= 11 is 0. The van der Waals surface area contributed by atoms with Crippen LogP contribution in [0.3, 0.4) is 0 Å². The summed E-state index contributed by atoms with van der Waals surface area (Å²) in [5.74, 6) is -0.883. The molecule has 6 nitrogen and oxygen atoms in total. The van der Waals surface area contributed by atoms with Gasteiger partial charge in [-0.15, -0.1) is 0 Å². The van der Waals surface area contributed by atoms with Crippen molar-refractivity contribution in [2.45, 2.75) is 316 Å². The third-order valence-corrected chi connectivity index (χ3v) is 14.0. The molecule has 1 atom stereocenters. The van der Waals surface area contributed by atoms with Crippen molar-refractivity contribution in [2.24, 2.45) is 0 Å². The van der Waals surface area contributed by atoms with Crippen molar-refractivity contribution in [3.63, 3.8) is 0 Å². The van der Waals surface area contributed by atoms with Gasteiger partial charge in [-0.2, -0.15) is 0 Å². The van der Waals surface area contributed by atoms with Gasteiger partial charge in [0.2, 0.25) is 0 Å². The number of carbonyl (C=O) groups is 3. The van der Waals surface area contributed by atoms with Crippen LogP contribution in [0.4, 0.5) is 0 Å². The highest BCUT2D eigenvalue weighted by Crippen LogP contribution is 2.17. The molecule has 0 aliphatic rings. The van der Waals surface area contributed by atoms with Crippen LogP contribution in [0.5, 0.6) is 0 Å². The van der Waals surface area contributed by atoms with E-state index in [0.717, 1.165) is 116 Å². The van der Waals surface area contributed by atoms with E-state index in [2.05, 4.69) is 130 Å². The Balaban J connectivity index is 4.05. The van der Waals surface area contributed by atoms with E-state index in [4.69, 9.17) is 14.2 Å². The molecular weight excluding hydrogens is 961 g/mol. The number of hydrogen-bond donors (Lipinski definition) is 0.